The molecule has 2 amide bonds. The van der Waals surface area contributed by atoms with E-state index < -0.39 is 0 Å². The Kier molecular flexibility index (Phi) is 5.66. The molecule has 0 bridgehead atoms. The van der Waals surface area contributed by atoms with Crippen LogP contribution in [0.4, 0.5) is 10.5 Å². The highest BCUT2D eigenvalue weighted by Gasteiger charge is 2.33. The molecule has 5 heteroatoms. The minimum Gasteiger partial charge on any atom is -0.463 e. The first-order valence-corrected chi connectivity index (χ1v) is 10.3. The van der Waals surface area contributed by atoms with E-state index in [0.717, 1.165) is 29.5 Å². The van der Waals surface area contributed by atoms with E-state index in [1.54, 1.807) is 11.8 Å². The molecule has 1 fully saturated rings. The second-order valence-electron chi connectivity index (χ2n) is 7.42. The highest BCUT2D eigenvalue weighted by Crippen LogP contribution is 2.40. The van der Waals surface area contributed by atoms with Gasteiger partial charge in [0.05, 0.1) is 0 Å². The number of urea groups is 1. The molecule has 0 saturated carbocycles. The van der Waals surface area contributed by atoms with Crippen LogP contribution >= 0.6 is 11.8 Å². The largest absolute Gasteiger partial charge is 0.463 e. The van der Waals surface area contributed by atoms with Crippen molar-refractivity contribution in [2.24, 2.45) is 0 Å². The van der Waals surface area contributed by atoms with Gasteiger partial charge in [-0.25, -0.2) is 4.79 Å². The van der Waals surface area contributed by atoms with E-state index in [4.69, 9.17) is 4.42 Å². The Balaban J connectivity index is 1.88. The van der Waals surface area contributed by atoms with Gasteiger partial charge < -0.3 is 14.6 Å². The zero-order valence-electron chi connectivity index (χ0n) is 16.2. The van der Waals surface area contributed by atoms with Gasteiger partial charge in [0.2, 0.25) is 0 Å². The normalized spacial score (nSPS) is 17.3. The molecular weight excluding hydrogens is 344 g/mol. The number of carbonyl (C=O) groups excluding carboxylic acids is 1. The van der Waals surface area contributed by atoms with Crippen LogP contribution in [0.1, 0.15) is 67.6 Å². The number of carbonyl (C=O) groups is 1. The van der Waals surface area contributed by atoms with Crippen LogP contribution in [0.2, 0.25) is 0 Å². The summed E-state index contributed by atoms with van der Waals surface area (Å²) in [6.07, 6.45) is 0. The first kappa shape index (κ1) is 18.9. The van der Waals surface area contributed by atoms with Gasteiger partial charge >= 0.3 is 6.03 Å². The van der Waals surface area contributed by atoms with Crippen molar-refractivity contribution in [2.75, 3.05) is 17.6 Å². The molecule has 1 aliphatic heterocycles. The van der Waals surface area contributed by atoms with Gasteiger partial charge in [-0.05, 0) is 42.0 Å². The van der Waals surface area contributed by atoms with E-state index in [2.05, 4.69) is 51.2 Å². The van der Waals surface area contributed by atoms with Crippen molar-refractivity contribution in [3.8, 4) is 0 Å². The molecule has 2 heterocycles. The minimum absolute atomic E-state index is 0.0518. The molecule has 1 aromatic carbocycles. The number of para-hydroxylation sites is 1. The molecule has 140 valence electrons. The number of rotatable bonds is 4. The number of hydrogen-bond donors (Lipinski definition) is 1. The number of benzene rings is 1. The van der Waals surface area contributed by atoms with Crippen LogP contribution in [0, 0.1) is 6.92 Å². The van der Waals surface area contributed by atoms with Gasteiger partial charge in [0, 0.05) is 18.0 Å². The van der Waals surface area contributed by atoms with Crippen molar-refractivity contribution in [3.63, 3.8) is 0 Å². The molecule has 1 saturated heterocycles. The summed E-state index contributed by atoms with van der Waals surface area (Å²) in [6.45, 7) is 11.3. The molecule has 1 unspecified atom stereocenters. The molecule has 26 heavy (non-hydrogen) atoms. The number of furan rings is 1. The molecule has 0 aliphatic carbocycles. The summed E-state index contributed by atoms with van der Waals surface area (Å²) in [5, 5.41) is 3.16. The predicted molar refractivity (Wildman–Crippen MR) is 109 cm³/mol. The van der Waals surface area contributed by atoms with Crippen LogP contribution in [0.5, 0.6) is 0 Å². The van der Waals surface area contributed by atoms with Gasteiger partial charge in [-0.1, -0.05) is 45.9 Å². The minimum atomic E-state index is -0.0580. The number of nitrogens with zero attached hydrogens (tertiary/aromatic N) is 1. The maximum absolute atomic E-state index is 13.1. The van der Waals surface area contributed by atoms with Crippen LogP contribution in [0.25, 0.3) is 0 Å². The van der Waals surface area contributed by atoms with Crippen LogP contribution in [-0.2, 0) is 0 Å². The summed E-state index contributed by atoms with van der Waals surface area (Å²) in [4.78, 5) is 15.0. The van der Waals surface area contributed by atoms with Gasteiger partial charge in [0.1, 0.15) is 16.9 Å². The first-order chi connectivity index (χ1) is 12.4. The highest BCUT2D eigenvalue weighted by molar-refractivity contribution is 7.99. The average molecular weight is 373 g/mol. The van der Waals surface area contributed by atoms with E-state index in [0.29, 0.717) is 11.8 Å². The van der Waals surface area contributed by atoms with E-state index in [1.807, 2.05) is 24.0 Å². The lowest BCUT2D eigenvalue weighted by Gasteiger charge is -2.26. The Bertz CT molecular complexity index is 756. The molecule has 0 radical (unpaired) electrons. The third-order valence-electron chi connectivity index (χ3n) is 4.76. The van der Waals surface area contributed by atoms with Crippen molar-refractivity contribution in [3.05, 3.63) is 53.0 Å². The highest BCUT2D eigenvalue weighted by atomic mass is 32.2. The van der Waals surface area contributed by atoms with Crippen LogP contribution in [0.15, 0.2) is 34.7 Å². The summed E-state index contributed by atoms with van der Waals surface area (Å²) < 4.78 is 5.78. The van der Waals surface area contributed by atoms with Gasteiger partial charge in [0.15, 0.2) is 0 Å². The topological polar surface area (TPSA) is 45.5 Å². The third kappa shape index (κ3) is 3.78. The third-order valence-corrected chi connectivity index (χ3v) is 5.98. The lowest BCUT2D eigenvalue weighted by Crippen LogP contribution is -2.35. The molecule has 2 aromatic rings. The maximum atomic E-state index is 13.1. The number of aryl methyl sites for hydroxylation is 1. The van der Waals surface area contributed by atoms with E-state index >= 15 is 0 Å². The van der Waals surface area contributed by atoms with Crippen LogP contribution in [0.3, 0.4) is 0 Å². The van der Waals surface area contributed by atoms with Crippen LogP contribution < -0.4 is 5.32 Å². The Morgan fingerprint density at radius 2 is 1.81 bits per heavy atom. The smallest absolute Gasteiger partial charge is 0.323 e. The monoisotopic (exact) mass is 372 g/mol. The SMILES string of the molecule is Cc1ccc(C2SCCN2C(=O)Nc2c(C(C)C)cccc2C(C)C)o1. The summed E-state index contributed by atoms with van der Waals surface area (Å²) in [5.41, 5.74) is 3.33. The first-order valence-electron chi connectivity index (χ1n) is 9.26. The van der Waals surface area contributed by atoms with Crippen molar-refractivity contribution < 1.29 is 9.21 Å². The Morgan fingerprint density at radius 1 is 1.15 bits per heavy atom. The maximum Gasteiger partial charge on any atom is 0.323 e. The number of amides is 2. The molecule has 4 nitrogen and oxygen atoms in total. The predicted octanol–water partition coefficient (Wildman–Crippen LogP) is 6.11. The molecular formula is C21H28N2O2S. The number of hydrogen-bond acceptors (Lipinski definition) is 3. The van der Waals surface area contributed by atoms with Gasteiger partial charge in [-0.3, -0.25) is 0 Å². The lowest BCUT2D eigenvalue weighted by atomic mass is 9.93. The second-order valence-corrected chi connectivity index (χ2v) is 8.60. The lowest BCUT2D eigenvalue weighted by molar-refractivity contribution is 0.209. The van der Waals surface area contributed by atoms with Crippen molar-refractivity contribution >= 4 is 23.5 Å². The second kappa shape index (κ2) is 7.78. The summed E-state index contributed by atoms with van der Waals surface area (Å²) in [5.74, 6) is 3.34. The standard InChI is InChI=1S/C21H28N2O2S/c1-13(2)16-7-6-8-17(14(3)4)19(16)22-21(24)23-11-12-26-20(23)18-10-9-15(5)25-18/h6-10,13-14,20H,11-12H2,1-5H3,(H,22,24). The number of thioether (sulfide) groups is 1. The zero-order chi connectivity index (χ0) is 18.8. The quantitative estimate of drug-likeness (QED) is 0.704. The summed E-state index contributed by atoms with van der Waals surface area (Å²) >= 11 is 1.75. The molecule has 1 aliphatic rings. The zero-order valence-corrected chi connectivity index (χ0v) is 17.0. The fourth-order valence-electron chi connectivity index (χ4n) is 3.37. The molecule has 1 aromatic heterocycles. The van der Waals surface area contributed by atoms with Gasteiger partial charge in [-0.15, -0.1) is 11.8 Å². The molecule has 1 atom stereocenters. The van der Waals surface area contributed by atoms with Crippen LogP contribution in [-0.4, -0.2) is 23.2 Å². The Hall–Kier alpha value is -1.88. The van der Waals surface area contributed by atoms with Crippen molar-refractivity contribution in [1.82, 2.24) is 4.90 Å². The Labute approximate surface area is 160 Å². The van der Waals surface area contributed by atoms with E-state index in [-0.39, 0.29) is 11.4 Å². The summed E-state index contributed by atoms with van der Waals surface area (Å²) in [7, 11) is 0. The van der Waals surface area contributed by atoms with Crippen molar-refractivity contribution in [1.29, 1.82) is 0 Å². The Morgan fingerprint density at radius 3 is 2.35 bits per heavy atom. The molecule has 0 spiro atoms. The van der Waals surface area contributed by atoms with Gasteiger partial charge in [-0.2, -0.15) is 0 Å². The molecule has 3 rings (SSSR count). The van der Waals surface area contributed by atoms with Crippen molar-refractivity contribution in [2.45, 2.75) is 51.8 Å². The fourth-order valence-corrected chi connectivity index (χ4v) is 4.57. The number of anilines is 1. The summed E-state index contributed by atoms with van der Waals surface area (Å²) in [6, 6.07) is 10.2. The molecule has 1 N–H and O–H groups in total. The van der Waals surface area contributed by atoms with Gasteiger partial charge in [0.25, 0.3) is 0 Å². The van der Waals surface area contributed by atoms with E-state index in [9.17, 15) is 4.79 Å². The average Bonchev–Trinajstić information content (AvgIpc) is 3.23. The number of nitrogens with one attached hydrogen (secondary N) is 1. The van der Waals surface area contributed by atoms with E-state index in [1.165, 1.54) is 11.1 Å². The fraction of sp³-hybridized carbons (Fsp3) is 0.476.